The first-order valence-corrected chi connectivity index (χ1v) is 23.6. The number of anilines is 2. The maximum absolute atomic E-state index is 13.6. The number of carbonyl (C=O) groups is 2. The molecule has 0 spiro atoms. The standard InChI is InChI=1S/C18H17F2N5O.C14H22F2N2O3Si.C10H11N3.CH4/c19-18(20)7-6-14-15(8-18)23-24-16(14)17(26)22-13-9-21-25(11-13)10-12-4-2-1-3-5-12;1-22(2,3)7-6-21-9-18-11-8-14(15,16)5-4-10(11)12(17-18)13(19)20;11-10-6-12-13(8-10)7-9-4-2-1-3-5-9;/h1-5,9,11H,6-8,10H2,(H,22,26)(H,23,24);4-9H2,1-3H3,(H,19,20);1-6,8H,7,11H2;1H4. The van der Waals surface area contributed by atoms with E-state index in [0.29, 0.717) is 47.0 Å². The van der Waals surface area contributed by atoms with Gasteiger partial charge in [-0.2, -0.15) is 20.4 Å². The fraction of sp³-hybridized carbons (Fsp3) is 0.395. The molecule has 0 saturated carbocycles. The predicted octanol–water partition coefficient (Wildman–Crippen LogP) is 8.20. The number of amides is 1. The van der Waals surface area contributed by atoms with Gasteiger partial charge in [-0.3, -0.25) is 19.3 Å². The topological polar surface area (TPSA) is 184 Å². The summed E-state index contributed by atoms with van der Waals surface area (Å²) in [5.74, 6) is -7.15. The second-order valence-corrected chi connectivity index (χ2v) is 22.0. The van der Waals surface area contributed by atoms with E-state index < -0.39 is 44.6 Å². The van der Waals surface area contributed by atoms with E-state index in [2.05, 4.69) is 62.6 Å². The summed E-state index contributed by atoms with van der Waals surface area (Å²) in [5.41, 5.74) is 10.8. The molecule has 2 aromatic carbocycles. The molecule has 0 radical (unpaired) electrons. The van der Waals surface area contributed by atoms with E-state index in [0.717, 1.165) is 18.2 Å². The number of hydrogen-bond donors (Lipinski definition) is 4. The van der Waals surface area contributed by atoms with Gasteiger partial charge in [0.25, 0.3) is 17.8 Å². The van der Waals surface area contributed by atoms with Crippen molar-refractivity contribution in [3.63, 3.8) is 0 Å². The Morgan fingerprint density at radius 3 is 2.02 bits per heavy atom. The highest BCUT2D eigenvalue weighted by molar-refractivity contribution is 6.76. The number of rotatable bonds is 12. The number of ether oxygens (including phenoxy) is 1. The van der Waals surface area contributed by atoms with Crippen molar-refractivity contribution in [3.8, 4) is 0 Å². The van der Waals surface area contributed by atoms with Crippen LogP contribution in [0.3, 0.4) is 0 Å². The Hall–Kier alpha value is -6.08. The van der Waals surface area contributed by atoms with Crippen LogP contribution in [-0.4, -0.2) is 83.0 Å². The fourth-order valence-electron chi connectivity index (χ4n) is 6.82. The van der Waals surface area contributed by atoms with Crippen molar-refractivity contribution in [2.45, 2.75) is 103 Å². The lowest BCUT2D eigenvalue weighted by Crippen LogP contribution is -2.28. The van der Waals surface area contributed by atoms with Gasteiger partial charge >= 0.3 is 5.97 Å². The van der Waals surface area contributed by atoms with Gasteiger partial charge in [0.15, 0.2) is 11.4 Å². The molecule has 6 aromatic rings. The Kier molecular flexibility index (Phi) is 15.3. The zero-order valence-corrected chi connectivity index (χ0v) is 35.3. The van der Waals surface area contributed by atoms with E-state index in [-0.39, 0.29) is 51.2 Å². The molecule has 0 atom stereocenters. The number of benzene rings is 2. The van der Waals surface area contributed by atoms with Crippen molar-refractivity contribution in [1.82, 2.24) is 39.5 Å². The Bertz CT molecular complexity index is 2390. The fourth-order valence-corrected chi connectivity index (χ4v) is 7.57. The van der Waals surface area contributed by atoms with E-state index in [9.17, 15) is 27.2 Å². The third-order valence-corrected chi connectivity index (χ3v) is 11.7. The number of aromatic nitrogens is 8. The van der Waals surface area contributed by atoms with Gasteiger partial charge in [0.1, 0.15) is 6.73 Å². The SMILES string of the molecule is C.C[Si](C)(C)CCOCn1nc(C(=O)O)c2c1CC(F)(F)CC2.Nc1cnn(Cc2ccccc2)c1.O=C(Nc1cnn(Cc2ccccc2)c1)c1n[nH]c2c1CCC(F)(F)C2. The molecule has 62 heavy (non-hydrogen) atoms. The van der Waals surface area contributed by atoms with Crippen molar-refractivity contribution in [1.29, 1.82) is 0 Å². The number of nitrogens with one attached hydrogen (secondary N) is 2. The summed E-state index contributed by atoms with van der Waals surface area (Å²) in [5, 5.41) is 30.7. The van der Waals surface area contributed by atoms with Gasteiger partial charge < -0.3 is 20.9 Å². The number of carboxylic acids is 1. The minimum absolute atomic E-state index is 0. The Morgan fingerprint density at radius 1 is 0.855 bits per heavy atom. The number of nitrogen functional groups attached to an aromatic ring is 1. The van der Waals surface area contributed by atoms with Crippen LogP contribution in [0.15, 0.2) is 85.5 Å². The van der Waals surface area contributed by atoms with Crippen LogP contribution in [0.1, 0.15) is 74.9 Å². The number of hydrogen-bond acceptors (Lipinski definition) is 8. The maximum Gasteiger partial charge on any atom is 0.356 e. The van der Waals surface area contributed by atoms with Crippen LogP contribution in [0.5, 0.6) is 0 Å². The molecule has 14 nitrogen and oxygen atoms in total. The molecular formula is C43H54F4N10O4Si. The number of carbonyl (C=O) groups excluding carboxylic acids is 1. The second-order valence-electron chi connectivity index (χ2n) is 16.3. The first kappa shape index (κ1) is 47.0. The molecule has 332 valence electrons. The van der Waals surface area contributed by atoms with Crippen LogP contribution in [-0.2, 0) is 50.2 Å². The number of nitrogens with zero attached hydrogens (tertiary/aromatic N) is 7. The normalized spacial score (nSPS) is 14.8. The first-order chi connectivity index (χ1) is 28.9. The first-order valence-electron chi connectivity index (χ1n) is 19.8. The number of halogens is 4. The van der Waals surface area contributed by atoms with Crippen molar-refractivity contribution in [2.24, 2.45) is 0 Å². The molecule has 0 bridgehead atoms. The highest BCUT2D eigenvalue weighted by atomic mass is 28.3. The summed E-state index contributed by atoms with van der Waals surface area (Å²) in [6.07, 6.45) is 5.45. The van der Waals surface area contributed by atoms with Gasteiger partial charge in [-0.1, -0.05) is 87.7 Å². The van der Waals surface area contributed by atoms with E-state index in [1.54, 1.807) is 23.3 Å². The van der Waals surface area contributed by atoms with E-state index in [1.165, 1.54) is 10.2 Å². The molecule has 1 amide bonds. The monoisotopic (exact) mass is 878 g/mol. The molecule has 5 N–H and O–H groups in total. The van der Waals surface area contributed by atoms with Gasteiger partial charge in [-0.15, -0.1) is 0 Å². The number of carboxylic acid groups (broad SMARTS) is 1. The largest absolute Gasteiger partial charge is 0.476 e. The third-order valence-electron chi connectivity index (χ3n) is 10.0. The number of aromatic amines is 1. The lowest BCUT2D eigenvalue weighted by Gasteiger charge is -2.23. The van der Waals surface area contributed by atoms with E-state index in [4.69, 9.17) is 15.6 Å². The van der Waals surface area contributed by atoms with Gasteiger partial charge in [0.2, 0.25) is 0 Å². The lowest BCUT2D eigenvalue weighted by molar-refractivity contribution is -0.0169. The highest BCUT2D eigenvalue weighted by Gasteiger charge is 2.39. The minimum atomic E-state index is -2.81. The summed E-state index contributed by atoms with van der Waals surface area (Å²) >= 11 is 0. The van der Waals surface area contributed by atoms with Crippen molar-refractivity contribution in [3.05, 3.63) is 130 Å². The smallest absolute Gasteiger partial charge is 0.356 e. The zero-order valence-electron chi connectivity index (χ0n) is 34.3. The van der Waals surface area contributed by atoms with E-state index >= 15 is 0 Å². The van der Waals surface area contributed by atoms with Crippen LogP contribution < -0.4 is 11.1 Å². The summed E-state index contributed by atoms with van der Waals surface area (Å²) in [6.45, 7) is 8.57. The molecule has 19 heteroatoms. The van der Waals surface area contributed by atoms with Gasteiger partial charge in [0, 0.05) is 56.7 Å². The van der Waals surface area contributed by atoms with Crippen LogP contribution in [0, 0.1) is 0 Å². The number of nitrogens with two attached hydrogens (primary N) is 1. The number of aromatic carboxylic acids is 1. The van der Waals surface area contributed by atoms with Crippen molar-refractivity contribution >= 4 is 31.3 Å². The Labute approximate surface area is 358 Å². The molecular weight excluding hydrogens is 825 g/mol. The second kappa shape index (κ2) is 20.2. The molecule has 4 heterocycles. The average molecular weight is 879 g/mol. The minimum Gasteiger partial charge on any atom is -0.476 e. The third kappa shape index (κ3) is 13.2. The molecule has 0 saturated heterocycles. The molecule has 2 aliphatic rings. The summed E-state index contributed by atoms with van der Waals surface area (Å²) in [6, 6.07) is 21.0. The van der Waals surface area contributed by atoms with Crippen LogP contribution >= 0.6 is 0 Å². The lowest BCUT2D eigenvalue weighted by atomic mass is 9.93. The molecule has 0 aliphatic heterocycles. The number of fused-ring (bicyclic) bond motifs is 2. The van der Waals surface area contributed by atoms with Crippen molar-refractivity contribution in [2.75, 3.05) is 17.7 Å². The Balaban J connectivity index is 0.000000183. The number of alkyl halides is 4. The molecule has 8 rings (SSSR count). The maximum atomic E-state index is 13.6. The molecule has 0 fully saturated rings. The quantitative estimate of drug-likeness (QED) is 0.0535. The summed E-state index contributed by atoms with van der Waals surface area (Å²) in [4.78, 5) is 23.7. The van der Waals surface area contributed by atoms with Gasteiger partial charge in [-0.05, 0) is 30.0 Å². The van der Waals surface area contributed by atoms with Gasteiger partial charge in [-0.25, -0.2) is 27.0 Å². The highest BCUT2D eigenvalue weighted by Crippen LogP contribution is 2.35. The summed E-state index contributed by atoms with van der Waals surface area (Å²) < 4.78 is 64.5. The average Bonchev–Trinajstić information content (AvgIpc) is 4.00. The molecule has 0 unspecified atom stereocenters. The van der Waals surface area contributed by atoms with Crippen LogP contribution in [0.25, 0.3) is 0 Å². The molecule has 4 aromatic heterocycles. The number of H-pyrrole nitrogens is 1. The van der Waals surface area contributed by atoms with Crippen molar-refractivity contribution < 1.29 is 37.0 Å². The van der Waals surface area contributed by atoms with Crippen LogP contribution in [0.2, 0.25) is 25.7 Å². The summed E-state index contributed by atoms with van der Waals surface area (Å²) in [7, 11) is -1.23. The molecule has 2 aliphatic carbocycles. The van der Waals surface area contributed by atoms with E-state index in [1.807, 2.05) is 59.4 Å². The van der Waals surface area contributed by atoms with Gasteiger partial charge in [0.05, 0.1) is 55.4 Å². The van der Waals surface area contributed by atoms with Crippen LogP contribution in [0.4, 0.5) is 28.9 Å². The zero-order chi connectivity index (χ0) is 43.8. The Morgan fingerprint density at radius 2 is 1.44 bits per heavy atom. The predicted molar refractivity (Wildman–Crippen MR) is 230 cm³/mol.